The first-order chi connectivity index (χ1) is 9.69. The maximum atomic E-state index is 11.8. The van der Waals surface area contributed by atoms with Gasteiger partial charge in [-0.05, 0) is 48.4 Å². The van der Waals surface area contributed by atoms with Gasteiger partial charge >= 0.3 is 0 Å². The molecular formula is C17H17NO2. The fourth-order valence-electron chi connectivity index (χ4n) is 1.88. The number of rotatable bonds is 4. The van der Waals surface area contributed by atoms with Gasteiger partial charge in [0.2, 0.25) is 5.91 Å². The van der Waals surface area contributed by atoms with E-state index in [9.17, 15) is 4.79 Å². The second-order valence-corrected chi connectivity index (χ2v) is 4.42. The lowest BCUT2D eigenvalue weighted by atomic mass is 10.1. The van der Waals surface area contributed by atoms with Crippen LogP contribution < -0.4 is 10.1 Å². The number of hydrogen-bond donors (Lipinski definition) is 1. The van der Waals surface area contributed by atoms with E-state index in [1.54, 1.807) is 13.2 Å². The van der Waals surface area contributed by atoms with Crippen molar-refractivity contribution in [2.75, 3.05) is 12.4 Å². The summed E-state index contributed by atoms with van der Waals surface area (Å²) in [6, 6.07) is 15.2. The minimum Gasteiger partial charge on any atom is -0.496 e. The molecule has 0 aliphatic carbocycles. The first-order valence-corrected chi connectivity index (χ1v) is 6.38. The van der Waals surface area contributed by atoms with E-state index in [4.69, 9.17) is 4.74 Å². The van der Waals surface area contributed by atoms with Gasteiger partial charge in [-0.15, -0.1) is 0 Å². The summed E-state index contributed by atoms with van der Waals surface area (Å²) in [5.41, 5.74) is 2.79. The number of hydrogen-bond acceptors (Lipinski definition) is 2. The Labute approximate surface area is 118 Å². The molecule has 0 aliphatic rings. The largest absolute Gasteiger partial charge is 0.496 e. The van der Waals surface area contributed by atoms with Crippen LogP contribution in [0.25, 0.3) is 6.08 Å². The van der Waals surface area contributed by atoms with Crippen LogP contribution in [-0.4, -0.2) is 13.0 Å². The van der Waals surface area contributed by atoms with Crippen LogP contribution in [0.3, 0.4) is 0 Å². The summed E-state index contributed by atoms with van der Waals surface area (Å²) < 4.78 is 5.20. The molecule has 0 spiro atoms. The van der Waals surface area contributed by atoms with E-state index in [-0.39, 0.29) is 5.91 Å². The maximum absolute atomic E-state index is 11.8. The minimum absolute atomic E-state index is 0.148. The molecule has 0 heterocycles. The van der Waals surface area contributed by atoms with Gasteiger partial charge < -0.3 is 10.1 Å². The molecule has 0 bridgehead atoms. The number of benzene rings is 2. The quantitative estimate of drug-likeness (QED) is 0.859. The molecule has 0 fully saturated rings. The van der Waals surface area contributed by atoms with Gasteiger partial charge in [0.1, 0.15) is 5.75 Å². The van der Waals surface area contributed by atoms with E-state index in [0.29, 0.717) is 0 Å². The zero-order valence-corrected chi connectivity index (χ0v) is 11.6. The average molecular weight is 267 g/mol. The highest BCUT2D eigenvalue weighted by atomic mass is 16.5. The molecule has 2 aromatic carbocycles. The molecular weight excluding hydrogens is 250 g/mol. The first kappa shape index (κ1) is 13.9. The Morgan fingerprint density at radius 3 is 2.55 bits per heavy atom. The zero-order chi connectivity index (χ0) is 14.4. The number of carbonyl (C=O) groups excluding carboxylic acids is 1. The Balaban J connectivity index is 2.02. The van der Waals surface area contributed by atoms with Crippen molar-refractivity contribution < 1.29 is 9.53 Å². The number of para-hydroxylation sites is 1. The lowest BCUT2D eigenvalue weighted by Crippen LogP contribution is -2.07. The lowest BCUT2D eigenvalue weighted by Gasteiger charge is -2.05. The van der Waals surface area contributed by atoms with Crippen molar-refractivity contribution in [3.8, 4) is 5.75 Å². The minimum atomic E-state index is -0.148. The van der Waals surface area contributed by atoms with Crippen molar-refractivity contribution in [1.82, 2.24) is 0 Å². The van der Waals surface area contributed by atoms with Gasteiger partial charge in [0.15, 0.2) is 0 Å². The molecule has 0 unspecified atom stereocenters. The van der Waals surface area contributed by atoms with Gasteiger partial charge in [0.05, 0.1) is 7.11 Å². The van der Waals surface area contributed by atoms with Crippen LogP contribution in [0.4, 0.5) is 5.69 Å². The standard InChI is InChI=1S/C17H17NO2/c1-13-12-14(8-10-16(13)20-2)9-11-17(19)18-15-6-4-3-5-7-15/h3-12H,1-2H3,(H,18,19). The van der Waals surface area contributed by atoms with Crippen LogP contribution in [-0.2, 0) is 4.79 Å². The van der Waals surface area contributed by atoms with Gasteiger partial charge in [-0.1, -0.05) is 24.3 Å². The molecule has 102 valence electrons. The van der Waals surface area contributed by atoms with E-state index < -0.39 is 0 Å². The average Bonchev–Trinajstić information content (AvgIpc) is 2.46. The van der Waals surface area contributed by atoms with Crippen molar-refractivity contribution in [3.05, 3.63) is 65.7 Å². The lowest BCUT2D eigenvalue weighted by molar-refractivity contribution is -0.111. The Bertz CT molecular complexity index is 618. The third-order valence-electron chi connectivity index (χ3n) is 2.89. The first-order valence-electron chi connectivity index (χ1n) is 6.38. The summed E-state index contributed by atoms with van der Waals surface area (Å²) >= 11 is 0. The van der Waals surface area contributed by atoms with Crippen LogP contribution in [0.1, 0.15) is 11.1 Å². The van der Waals surface area contributed by atoms with E-state index in [2.05, 4.69) is 5.32 Å². The monoisotopic (exact) mass is 267 g/mol. The molecule has 0 saturated heterocycles. The van der Waals surface area contributed by atoms with Crippen molar-refractivity contribution in [3.63, 3.8) is 0 Å². The van der Waals surface area contributed by atoms with Crippen molar-refractivity contribution in [2.45, 2.75) is 6.92 Å². The smallest absolute Gasteiger partial charge is 0.248 e. The molecule has 1 amide bonds. The number of nitrogens with one attached hydrogen (secondary N) is 1. The highest BCUT2D eigenvalue weighted by molar-refractivity contribution is 6.01. The molecule has 1 N–H and O–H groups in total. The number of ether oxygens (including phenoxy) is 1. The highest BCUT2D eigenvalue weighted by Gasteiger charge is 1.99. The molecule has 2 rings (SSSR count). The molecule has 0 aliphatic heterocycles. The number of carbonyl (C=O) groups is 1. The van der Waals surface area contributed by atoms with Crippen LogP contribution >= 0.6 is 0 Å². The number of methoxy groups -OCH3 is 1. The molecule has 0 atom stereocenters. The summed E-state index contributed by atoms with van der Waals surface area (Å²) in [6.07, 6.45) is 3.30. The van der Waals surface area contributed by atoms with Gasteiger partial charge in [-0.2, -0.15) is 0 Å². The molecule has 0 radical (unpaired) electrons. The summed E-state index contributed by atoms with van der Waals surface area (Å²) in [4.78, 5) is 11.8. The summed E-state index contributed by atoms with van der Waals surface area (Å²) in [7, 11) is 1.64. The topological polar surface area (TPSA) is 38.3 Å². The molecule has 0 saturated carbocycles. The van der Waals surface area contributed by atoms with Crippen molar-refractivity contribution in [2.24, 2.45) is 0 Å². The fraction of sp³-hybridized carbons (Fsp3) is 0.118. The van der Waals surface area contributed by atoms with Gasteiger partial charge in [0.25, 0.3) is 0 Å². The zero-order valence-electron chi connectivity index (χ0n) is 11.6. The Hall–Kier alpha value is -2.55. The summed E-state index contributed by atoms with van der Waals surface area (Å²) in [5, 5.41) is 2.80. The third kappa shape index (κ3) is 3.72. The summed E-state index contributed by atoms with van der Waals surface area (Å²) in [6.45, 7) is 1.97. The maximum Gasteiger partial charge on any atom is 0.248 e. The summed E-state index contributed by atoms with van der Waals surface area (Å²) in [5.74, 6) is 0.695. The predicted octanol–water partition coefficient (Wildman–Crippen LogP) is 3.66. The normalized spacial score (nSPS) is 10.5. The number of anilines is 1. The molecule has 3 heteroatoms. The van der Waals surface area contributed by atoms with E-state index in [0.717, 1.165) is 22.6 Å². The fourth-order valence-corrected chi connectivity index (χ4v) is 1.88. The predicted molar refractivity (Wildman–Crippen MR) is 81.8 cm³/mol. The van der Waals surface area contributed by atoms with Gasteiger partial charge in [-0.3, -0.25) is 4.79 Å². The van der Waals surface area contributed by atoms with Crippen LogP contribution in [0.2, 0.25) is 0 Å². The number of aryl methyl sites for hydroxylation is 1. The van der Waals surface area contributed by atoms with Crippen molar-refractivity contribution >= 4 is 17.7 Å². The Morgan fingerprint density at radius 1 is 1.15 bits per heavy atom. The highest BCUT2D eigenvalue weighted by Crippen LogP contribution is 2.19. The van der Waals surface area contributed by atoms with Crippen LogP contribution in [0.5, 0.6) is 5.75 Å². The Kier molecular flexibility index (Phi) is 4.56. The van der Waals surface area contributed by atoms with Gasteiger partial charge in [0, 0.05) is 11.8 Å². The second kappa shape index (κ2) is 6.57. The molecule has 3 nitrogen and oxygen atoms in total. The van der Waals surface area contributed by atoms with E-state index >= 15 is 0 Å². The van der Waals surface area contributed by atoms with Crippen molar-refractivity contribution in [1.29, 1.82) is 0 Å². The third-order valence-corrected chi connectivity index (χ3v) is 2.89. The van der Waals surface area contributed by atoms with Crippen LogP contribution in [0, 0.1) is 6.92 Å². The Morgan fingerprint density at radius 2 is 1.90 bits per heavy atom. The molecule has 2 aromatic rings. The molecule has 20 heavy (non-hydrogen) atoms. The SMILES string of the molecule is COc1ccc(C=CC(=O)Nc2ccccc2)cc1C. The van der Waals surface area contributed by atoms with E-state index in [1.165, 1.54) is 6.08 Å². The second-order valence-electron chi connectivity index (χ2n) is 4.42. The molecule has 0 aromatic heterocycles. The number of amides is 1. The van der Waals surface area contributed by atoms with E-state index in [1.807, 2.05) is 55.5 Å². The van der Waals surface area contributed by atoms with Crippen LogP contribution in [0.15, 0.2) is 54.6 Å². The van der Waals surface area contributed by atoms with Gasteiger partial charge in [-0.25, -0.2) is 0 Å².